The zero-order chi connectivity index (χ0) is 15.2. The molecule has 2 N–H and O–H groups in total. The molecule has 1 aliphatic rings. The van der Waals surface area contributed by atoms with E-state index in [4.69, 9.17) is 5.11 Å². The Hall–Kier alpha value is -1.06. The summed E-state index contributed by atoms with van der Waals surface area (Å²) in [4.78, 5) is 22.5. The molecule has 0 aromatic rings. The summed E-state index contributed by atoms with van der Waals surface area (Å²) in [5.74, 6) is -0.292. The van der Waals surface area contributed by atoms with Gasteiger partial charge in [-0.05, 0) is 36.5 Å². The predicted molar refractivity (Wildman–Crippen MR) is 79.4 cm³/mol. The summed E-state index contributed by atoms with van der Waals surface area (Å²) in [6, 6.07) is 0. The molecule has 1 atom stereocenters. The average molecular weight is 283 g/mol. The normalized spacial score (nSPS) is 19.0. The highest BCUT2D eigenvalue weighted by atomic mass is 16.4. The maximum atomic E-state index is 11.9. The van der Waals surface area contributed by atoms with Gasteiger partial charge in [-0.1, -0.05) is 33.6 Å². The third-order valence-corrected chi connectivity index (χ3v) is 4.22. The summed E-state index contributed by atoms with van der Waals surface area (Å²) >= 11 is 0. The van der Waals surface area contributed by atoms with Crippen LogP contribution in [-0.4, -0.2) is 23.5 Å². The Kier molecular flexibility index (Phi) is 6.50. The molecule has 116 valence electrons. The van der Waals surface area contributed by atoms with E-state index in [1.54, 1.807) is 0 Å². The minimum atomic E-state index is -0.836. The number of hydrogen-bond donors (Lipinski definition) is 2. The lowest BCUT2D eigenvalue weighted by atomic mass is 9.78. The van der Waals surface area contributed by atoms with Crippen LogP contribution in [0.4, 0.5) is 0 Å². The molecule has 0 saturated heterocycles. The zero-order valence-corrected chi connectivity index (χ0v) is 13.1. The van der Waals surface area contributed by atoms with E-state index in [0.29, 0.717) is 12.3 Å². The van der Waals surface area contributed by atoms with Crippen LogP contribution >= 0.6 is 0 Å². The topological polar surface area (TPSA) is 66.4 Å². The summed E-state index contributed by atoms with van der Waals surface area (Å²) in [5.41, 5.74) is 0.278. The van der Waals surface area contributed by atoms with Crippen LogP contribution in [0.1, 0.15) is 65.7 Å². The summed E-state index contributed by atoms with van der Waals surface area (Å²) < 4.78 is 0. The van der Waals surface area contributed by atoms with Crippen LogP contribution in [0, 0.1) is 17.3 Å². The van der Waals surface area contributed by atoms with Crippen molar-refractivity contribution in [1.82, 2.24) is 5.32 Å². The van der Waals surface area contributed by atoms with Gasteiger partial charge in [-0.3, -0.25) is 9.59 Å². The second-order valence-corrected chi connectivity index (χ2v) is 6.99. The lowest BCUT2D eigenvalue weighted by Crippen LogP contribution is -2.37. The fraction of sp³-hybridized carbons (Fsp3) is 0.875. The quantitative estimate of drug-likeness (QED) is 0.719. The highest BCUT2D eigenvalue weighted by Gasteiger charge is 2.34. The van der Waals surface area contributed by atoms with Gasteiger partial charge in [-0.25, -0.2) is 0 Å². The lowest BCUT2D eigenvalue weighted by molar-refractivity contribution is -0.138. The molecule has 1 saturated carbocycles. The van der Waals surface area contributed by atoms with Crippen molar-refractivity contribution in [3.05, 3.63) is 0 Å². The zero-order valence-electron chi connectivity index (χ0n) is 13.1. The Morgan fingerprint density at radius 3 is 2.25 bits per heavy atom. The number of hydrogen-bond acceptors (Lipinski definition) is 2. The SMILES string of the molecule is CC(C)CC1(CNC(=O)CC(C)CC(=O)O)CCCC1. The van der Waals surface area contributed by atoms with Gasteiger partial charge in [0, 0.05) is 19.4 Å². The van der Waals surface area contributed by atoms with E-state index in [2.05, 4.69) is 19.2 Å². The van der Waals surface area contributed by atoms with Crippen molar-refractivity contribution in [2.45, 2.75) is 65.7 Å². The number of aliphatic carboxylic acids is 1. The van der Waals surface area contributed by atoms with Crippen molar-refractivity contribution >= 4 is 11.9 Å². The molecule has 1 amide bonds. The monoisotopic (exact) mass is 283 g/mol. The molecule has 1 aliphatic carbocycles. The van der Waals surface area contributed by atoms with Gasteiger partial charge >= 0.3 is 5.97 Å². The predicted octanol–water partition coefficient (Wildman–Crippen LogP) is 3.21. The largest absolute Gasteiger partial charge is 0.481 e. The van der Waals surface area contributed by atoms with Crippen LogP contribution < -0.4 is 5.32 Å². The molecule has 4 heteroatoms. The average Bonchev–Trinajstić information content (AvgIpc) is 2.73. The van der Waals surface area contributed by atoms with Crippen LogP contribution in [0.3, 0.4) is 0 Å². The minimum absolute atomic E-state index is 0.00576. The van der Waals surface area contributed by atoms with E-state index >= 15 is 0 Å². The van der Waals surface area contributed by atoms with Crippen molar-refractivity contribution in [2.75, 3.05) is 6.54 Å². The molecule has 20 heavy (non-hydrogen) atoms. The summed E-state index contributed by atoms with van der Waals surface area (Å²) in [5, 5.41) is 11.8. The van der Waals surface area contributed by atoms with Crippen LogP contribution in [0.15, 0.2) is 0 Å². The maximum absolute atomic E-state index is 11.9. The van der Waals surface area contributed by atoms with Gasteiger partial charge in [0.25, 0.3) is 0 Å². The number of nitrogens with one attached hydrogen (secondary N) is 1. The maximum Gasteiger partial charge on any atom is 0.303 e. The number of rotatable bonds is 8. The van der Waals surface area contributed by atoms with E-state index in [0.717, 1.165) is 13.0 Å². The first-order chi connectivity index (χ1) is 9.33. The second-order valence-electron chi connectivity index (χ2n) is 6.99. The second kappa shape index (κ2) is 7.65. The molecule has 0 heterocycles. The number of carbonyl (C=O) groups is 2. The van der Waals surface area contributed by atoms with Crippen LogP contribution in [0.2, 0.25) is 0 Å². The highest BCUT2D eigenvalue weighted by Crippen LogP contribution is 2.42. The fourth-order valence-corrected chi connectivity index (χ4v) is 3.49. The lowest BCUT2D eigenvalue weighted by Gasteiger charge is -2.31. The van der Waals surface area contributed by atoms with Crippen molar-refractivity contribution in [2.24, 2.45) is 17.3 Å². The Bertz CT molecular complexity index is 333. The Labute approximate surface area is 122 Å². The van der Waals surface area contributed by atoms with E-state index in [9.17, 15) is 9.59 Å². The van der Waals surface area contributed by atoms with Gasteiger partial charge in [0.2, 0.25) is 5.91 Å². The molecule has 0 aliphatic heterocycles. The van der Waals surface area contributed by atoms with Crippen molar-refractivity contribution in [3.8, 4) is 0 Å². The summed E-state index contributed by atoms with van der Waals surface area (Å²) in [6.45, 7) is 7.03. The van der Waals surface area contributed by atoms with Crippen LogP contribution in [-0.2, 0) is 9.59 Å². The molecule has 0 aromatic carbocycles. The van der Waals surface area contributed by atoms with Crippen LogP contribution in [0.25, 0.3) is 0 Å². The summed E-state index contributed by atoms with van der Waals surface area (Å²) in [7, 11) is 0. The van der Waals surface area contributed by atoms with Gasteiger partial charge in [0.1, 0.15) is 0 Å². The number of carboxylic acid groups (broad SMARTS) is 1. The molecular formula is C16H29NO3. The Morgan fingerprint density at radius 1 is 1.15 bits per heavy atom. The first kappa shape index (κ1) is 17.0. The molecular weight excluding hydrogens is 254 g/mol. The van der Waals surface area contributed by atoms with Crippen molar-refractivity contribution in [3.63, 3.8) is 0 Å². The molecule has 0 spiro atoms. The first-order valence-electron chi connectivity index (χ1n) is 7.81. The molecule has 4 nitrogen and oxygen atoms in total. The van der Waals surface area contributed by atoms with E-state index in [1.165, 1.54) is 25.7 Å². The molecule has 1 fully saturated rings. The molecule has 1 unspecified atom stereocenters. The standard InChI is InChI=1S/C16H29NO3/c1-12(2)10-16(6-4-5-7-16)11-17-14(18)8-13(3)9-15(19)20/h12-13H,4-11H2,1-3H3,(H,17,18)(H,19,20). The third-order valence-electron chi connectivity index (χ3n) is 4.22. The number of amides is 1. The molecule has 0 bridgehead atoms. The van der Waals surface area contributed by atoms with Gasteiger partial charge in [0.15, 0.2) is 0 Å². The fourth-order valence-electron chi connectivity index (χ4n) is 3.49. The molecule has 0 radical (unpaired) electrons. The van der Waals surface area contributed by atoms with Gasteiger partial charge in [-0.2, -0.15) is 0 Å². The van der Waals surface area contributed by atoms with E-state index < -0.39 is 5.97 Å². The Balaban J connectivity index is 2.39. The molecule has 1 rings (SSSR count). The van der Waals surface area contributed by atoms with Crippen molar-refractivity contribution < 1.29 is 14.7 Å². The van der Waals surface area contributed by atoms with Crippen molar-refractivity contribution in [1.29, 1.82) is 0 Å². The summed E-state index contributed by atoms with van der Waals surface area (Å²) in [6.07, 6.45) is 6.47. The van der Waals surface area contributed by atoms with Gasteiger partial charge in [-0.15, -0.1) is 0 Å². The minimum Gasteiger partial charge on any atom is -0.481 e. The van der Waals surface area contributed by atoms with Gasteiger partial charge in [0.05, 0.1) is 0 Å². The van der Waals surface area contributed by atoms with Gasteiger partial charge < -0.3 is 10.4 Å². The Morgan fingerprint density at radius 2 is 1.75 bits per heavy atom. The smallest absolute Gasteiger partial charge is 0.303 e. The van der Waals surface area contributed by atoms with E-state index in [1.807, 2.05) is 6.92 Å². The third kappa shape index (κ3) is 5.93. The highest BCUT2D eigenvalue weighted by molar-refractivity contribution is 5.77. The van der Waals surface area contributed by atoms with E-state index in [-0.39, 0.29) is 23.7 Å². The number of carboxylic acids is 1. The first-order valence-corrected chi connectivity index (χ1v) is 7.81. The number of carbonyl (C=O) groups excluding carboxylic acids is 1. The van der Waals surface area contributed by atoms with Crippen LogP contribution in [0.5, 0.6) is 0 Å². The molecule has 0 aromatic heterocycles.